The van der Waals surface area contributed by atoms with E-state index in [0.29, 0.717) is 22.9 Å². The Bertz CT molecular complexity index is 895. The molecule has 2 N–H and O–H groups in total. The number of anilines is 2. The molecule has 2 aromatic carbocycles. The molecule has 0 saturated heterocycles. The summed E-state index contributed by atoms with van der Waals surface area (Å²) in [6.45, 7) is 1.62. The summed E-state index contributed by atoms with van der Waals surface area (Å²) < 4.78 is 38.0. The summed E-state index contributed by atoms with van der Waals surface area (Å²) in [6.07, 6.45) is -0.616. The third kappa shape index (κ3) is 3.13. The molecule has 0 saturated carbocycles. The van der Waals surface area contributed by atoms with Crippen LogP contribution in [0.15, 0.2) is 47.4 Å². The second-order valence-corrected chi connectivity index (χ2v) is 6.93. The Balaban J connectivity index is 1.90. The van der Waals surface area contributed by atoms with Gasteiger partial charge in [0, 0.05) is 6.07 Å². The molecule has 24 heavy (non-hydrogen) atoms. The highest BCUT2D eigenvalue weighted by molar-refractivity contribution is 7.92. The number of benzene rings is 2. The number of nitrogens with one attached hydrogen (secondary N) is 2. The lowest BCUT2D eigenvalue weighted by Crippen LogP contribution is -2.34. The third-order valence-electron chi connectivity index (χ3n) is 3.51. The van der Waals surface area contributed by atoms with Crippen LogP contribution in [0.3, 0.4) is 0 Å². The fourth-order valence-electron chi connectivity index (χ4n) is 2.26. The monoisotopic (exact) mass is 348 g/mol. The van der Waals surface area contributed by atoms with Gasteiger partial charge in [-0.25, -0.2) is 8.42 Å². The van der Waals surface area contributed by atoms with E-state index in [0.717, 1.165) is 0 Å². The van der Waals surface area contributed by atoms with E-state index in [9.17, 15) is 13.2 Å². The Labute approximate surface area is 139 Å². The number of fused-ring (bicyclic) bond motifs is 1. The number of hydrogen-bond donors (Lipinski definition) is 2. The van der Waals surface area contributed by atoms with E-state index in [1.54, 1.807) is 31.2 Å². The summed E-state index contributed by atoms with van der Waals surface area (Å²) in [5.74, 6) is 0.649. The zero-order valence-corrected chi connectivity index (χ0v) is 13.9. The molecule has 1 amide bonds. The topological polar surface area (TPSA) is 93.7 Å². The maximum Gasteiger partial charge on any atom is 0.265 e. The van der Waals surface area contributed by atoms with Gasteiger partial charge in [0.25, 0.3) is 15.9 Å². The smallest absolute Gasteiger partial charge is 0.265 e. The van der Waals surface area contributed by atoms with Crippen LogP contribution in [-0.2, 0) is 14.8 Å². The third-order valence-corrected chi connectivity index (χ3v) is 4.89. The van der Waals surface area contributed by atoms with Gasteiger partial charge < -0.3 is 14.8 Å². The average molecular weight is 348 g/mol. The number of hydrogen-bond acceptors (Lipinski definition) is 5. The van der Waals surface area contributed by atoms with Gasteiger partial charge in [-0.2, -0.15) is 0 Å². The summed E-state index contributed by atoms with van der Waals surface area (Å²) in [5, 5.41) is 2.63. The molecule has 0 fully saturated rings. The minimum absolute atomic E-state index is 0.0162. The predicted octanol–water partition coefficient (Wildman–Crippen LogP) is 2.22. The lowest BCUT2D eigenvalue weighted by molar-refractivity contribution is -0.122. The van der Waals surface area contributed by atoms with Gasteiger partial charge in [0.05, 0.1) is 23.4 Å². The van der Waals surface area contributed by atoms with Crippen molar-refractivity contribution in [2.24, 2.45) is 0 Å². The Morgan fingerprint density at radius 2 is 2.00 bits per heavy atom. The normalized spacial score (nSPS) is 16.6. The number of carbonyl (C=O) groups excluding carboxylic acids is 1. The highest BCUT2D eigenvalue weighted by Gasteiger charge is 2.25. The Morgan fingerprint density at radius 1 is 1.21 bits per heavy atom. The van der Waals surface area contributed by atoms with Gasteiger partial charge >= 0.3 is 0 Å². The van der Waals surface area contributed by atoms with Gasteiger partial charge in [-0.3, -0.25) is 9.52 Å². The van der Waals surface area contributed by atoms with E-state index < -0.39 is 16.1 Å². The van der Waals surface area contributed by atoms with Crippen LogP contribution in [0.2, 0.25) is 0 Å². The van der Waals surface area contributed by atoms with Gasteiger partial charge in [-0.05, 0) is 37.3 Å². The van der Waals surface area contributed by atoms with Crippen molar-refractivity contribution in [2.45, 2.75) is 17.9 Å². The molecule has 0 bridgehead atoms. The zero-order valence-electron chi connectivity index (χ0n) is 13.1. The second kappa shape index (κ2) is 6.04. The molecule has 3 rings (SSSR count). The van der Waals surface area contributed by atoms with Crippen molar-refractivity contribution < 1.29 is 22.7 Å². The highest BCUT2D eigenvalue weighted by Crippen LogP contribution is 2.32. The van der Waals surface area contributed by atoms with E-state index in [1.165, 1.54) is 25.3 Å². The molecule has 1 aliphatic rings. The van der Waals surface area contributed by atoms with Crippen molar-refractivity contribution >= 4 is 27.3 Å². The highest BCUT2D eigenvalue weighted by atomic mass is 32.2. The van der Waals surface area contributed by atoms with Crippen LogP contribution in [0.5, 0.6) is 11.5 Å². The Morgan fingerprint density at radius 3 is 2.75 bits per heavy atom. The first-order chi connectivity index (χ1) is 11.4. The molecule has 0 spiro atoms. The van der Waals surface area contributed by atoms with Crippen LogP contribution in [0.4, 0.5) is 11.4 Å². The van der Waals surface area contributed by atoms with Gasteiger partial charge in [0.1, 0.15) is 11.5 Å². The number of rotatable bonds is 4. The van der Waals surface area contributed by atoms with E-state index in [4.69, 9.17) is 9.47 Å². The van der Waals surface area contributed by atoms with Crippen molar-refractivity contribution in [3.05, 3.63) is 42.5 Å². The van der Waals surface area contributed by atoms with Crippen molar-refractivity contribution in [1.29, 1.82) is 0 Å². The number of methoxy groups -OCH3 is 1. The largest absolute Gasteiger partial charge is 0.497 e. The van der Waals surface area contributed by atoms with Crippen molar-refractivity contribution in [1.82, 2.24) is 0 Å². The molecular weight excluding hydrogens is 332 g/mol. The van der Waals surface area contributed by atoms with Crippen LogP contribution < -0.4 is 19.5 Å². The molecule has 1 heterocycles. The van der Waals surface area contributed by atoms with Crippen LogP contribution in [0.1, 0.15) is 6.92 Å². The average Bonchev–Trinajstić information content (AvgIpc) is 2.55. The minimum Gasteiger partial charge on any atom is -0.497 e. The molecule has 0 unspecified atom stereocenters. The maximum absolute atomic E-state index is 12.5. The molecule has 126 valence electrons. The summed E-state index contributed by atoms with van der Waals surface area (Å²) in [4.78, 5) is 11.7. The Hall–Kier alpha value is -2.74. The van der Waals surface area contributed by atoms with Crippen molar-refractivity contribution in [3.63, 3.8) is 0 Å². The van der Waals surface area contributed by atoms with Gasteiger partial charge in [0.15, 0.2) is 6.10 Å². The second-order valence-electron chi connectivity index (χ2n) is 5.24. The summed E-state index contributed by atoms with van der Waals surface area (Å²) in [6, 6.07) is 10.9. The lowest BCUT2D eigenvalue weighted by atomic mass is 10.2. The molecule has 2 aromatic rings. The fraction of sp³-hybridized carbons (Fsp3) is 0.188. The Kier molecular flexibility index (Phi) is 4.06. The van der Waals surface area contributed by atoms with E-state index in [-0.39, 0.29) is 10.8 Å². The standard InChI is InChI=1S/C16H16N2O5S/c1-10-16(19)17-14-9-13(6-7-15(14)23-10)24(20,21)18-11-4-3-5-12(8-11)22-2/h3-10,18H,1-2H3,(H,17,19)/t10-/m0/s1. The number of ether oxygens (including phenoxy) is 2. The van der Waals surface area contributed by atoms with Gasteiger partial charge in [-0.1, -0.05) is 6.07 Å². The SMILES string of the molecule is COc1cccc(NS(=O)(=O)c2ccc3c(c2)NC(=O)[C@H](C)O3)c1. The molecular formula is C16H16N2O5S. The number of sulfonamides is 1. The van der Waals surface area contributed by atoms with Crippen LogP contribution in [-0.4, -0.2) is 27.5 Å². The zero-order chi connectivity index (χ0) is 17.3. The molecule has 0 aromatic heterocycles. The van der Waals surface area contributed by atoms with Crippen LogP contribution in [0.25, 0.3) is 0 Å². The van der Waals surface area contributed by atoms with Crippen LogP contribution >= 0.6 is 0 Å². The van der Waals surface area contributed by atoms with E-state index in [1.807, 2.05) is 0 Å². The quantitative estimate of drug-likeness (QED) is 0.883. The molecule has 7 nitrogen and oxygen atoms in total. The van der Waals surface area contributed by atoms with Crippen LogP contribution in [0, 0.1) is 0 Å². The summed E-state index contributed by atoms with van der Waals surface area (Å²) in [5.41, 5.74) is 0.701. The molecule has 8 heteroatoms. The fourth-order valence-corrected chi connectivity index (χ4v) is 3.33. The van der Waals surface area contributed by atoms with Crippen molar-refractivity contribution in [2.75, 3.05) is 17.1 Å². The molecule has 1 atom stereocenters. The molecule has 0 aliphatic carbocycles. The first kappa shape index (κ1) is 16.1. The van der Waals surface area contributed by atoms with E-state index in [2.05, 4.69) is 10.0 Å². The molecule has 1 aliphatic heterocycles. The molecule has 0 radical (unpaired) electrons. The minimum atomic E-state index is -3.82. The first-order valence-corrected chi connectivity index (χ1v) is 8.66. The van der Waals surface area contributed by atoms with Gasteiger partial charge in [-0.15, -0.1) is 0 Å². The first-order valence-electron chi connectivity index (χ1n) is 7.17. The summed E-state index contributed by atoms with van der Waals surface area (Å²) in [7, 11) is -2.31. The van der Waals surface area contributed by atoms with Crippen molar-refractivity contribution in [3.8, 4) is 11.5 Å². The van der Waals surface area contributed by atoms with Gasteiger partial charge in [0.2, 0.25) is 0 Å². The lowest BCUT2D eigenvalue weighted by Gasteiger charge is -2.23. The predicted molar refractivity (Wildman–Crippen MR) is 89.0 cm³/mol. The summed E-state index contributed by atoms with van der Waals surface area (Å²) >= 11 is 0. The maximum atomic E-state index is 12.5. The number of carbonyl (C=O) groups is 1. The number of amides is 1. The van der Waals surface area contributed by atoms with E-state index >= 15 is 0 Å².